The highest BCUT2D eigenvalue weighted by molar-refractivity contribution is 6.23. The Hall–Kier alpha value is -1.87. The van der Waals surface area contributed by atoms with Crippen LogP contribution in [0.4, 0.5) is 0 Å². The van der Waals surface area contributed by atoms with Crippen LogP contribution in [0.15, 0.2) is 54.6 Å². The van der Waals surface area contributed by atoms with Gasteiger partial charge in [-0.2, -0.15) is 0 Å². The normalized spacial score (nSPS) is 11.3. The summed E-state index contributed by atoms with van der Waals surface area (Å²) >= 11 is 0. The summed E-state index contributed by atoms with van der Waals surface area (Å²) in [7, 11) is 0. The molecule has 118 valence electrons. The predicted octanol–water partition coefficient (Wildman–Crippen LogP) is 4.13. The van der Waals surface area contributed by atoms with Crippen molar-refractivity contribution in [3.8, 4) is 0 Å². The number of nitrogens with one attached hydrogen (secondary N) is 1. The molecule has 4 aromatic rings. The quantitative estimate of drug-likeness (QED) is 0.427. The smallest absolute Gasteiger partial charge is 0.0555 e. The molecule has 3 heteroatoms. The molecule has 4 aromatic carbocycles. The zero-order valence-electron chi connectivity index (χ0n) is 12.9. The molecule has 0 aliphatic rings. The van der Waals surface area contributed by atoms with E-state index in [0.29, 0.717) is 6.54 Å². The summed E-state index contributed by atoms with van der Waals surface area (Å²) in [5.41, 5.74) is 1.37. The van der Waals surface area contributed by atoms with Crippen molar-refractivity contribution < 1.29 is 5.11 Å². The number of hydrogen-bond donors (Lipinski definition) is 2. The molecule has 0 radical (unpaired) electrons. The zero-order chi connectivity index (χ0) is 14.9. The first kappa shape index (κ1) is 16.0. The van der Waals surface area contributed by atoms with E-state index < -0.39 is 0 Å². The molecule has 23 heavy (non-hydrogen) atoms. The number of halogens is 1. The number of hydrogen-bond acceptors (Lipinski definition) is 2. The third kappa shape index (κ3) is 2.74. The van der Waals surface area contributed by atoms with Gasteiger partial charge in [-0.05, 0) is 50.8 Å². The first-order valence-electron chi connectivity index (χ1n) is 7.85. The van der Waals surface area contributed by atoms with Crippen molar-refractivity contribution in [1.82, 2.24) is 5.32 Å². The molecule has 0 fully saturated rings. The summed E-state index contributed by atoms with van der Waals surface area (Å²) in [5.74, 6) is 0. The van der Waals surface area contributed by atoms with Crippen LogP contribution in [0.1, 0.15) is 5.56 Å². The maximum atomic E-state index is 8.86. The molecule has 0 aliphatic carbocycles. The van der Waals surface area contributed by atoms with Crippen LogP contribution in [0.2, 0.25) is 0 Å². The topological polar surface area (TPSA) is 32.3 Å². The van der Waals surface area contributed by atoms with Crippen LogP contribution in [-0.2, 0) is 6.42 Å². The molecule has 0 saturated heterocycles. The second-order valence-corrected chi connectivity index (χ2v) is 5.80. The van der Waals surface area contributed by atoms with Crippen molar-refractivity contribution >= 4 is 44.7 Å². The van der Waals surface area contributed by atoms with Gasteiger partial charge in [0.15, 0.2) is 0 Å². The van der Waals surface area contributed by atoms with E-state index in [1.807, 2.05) is 0 Å². The minimum Gasteiger partial charge on any atom is -0.395 e. The Balaban J connectivity index is 0.00000156. The summed E-state index contributed by atoms with van der Waals surface area (Å²) in [5, 5.41) is 20.2. The molecule has 2 N–H and O–H groups in total. The van der Waals surface area contributed by atoms with E-state index in [1.54, 1.807) is 0 Å². The molecule has 0 aliphatic heterocycles. The average Bonchev–Trinajstić information content (AvgIpc) is 2.57. The lowest BCUT2D eigenvalue weighted by atomic mass is 9.91. The van der Waals surface area contributed by atoms with Gasteiger partial charge in [0, 0.05) is 6.54 Å². The minimum atomic E-state index is 0. The van der Waals surface area contributed by atoms with Crippen molar-refractivity contribution in [3.05, 3.63) is 60.2 Å². The third-order valence-corrected chi connectivity index (χ3v) is 4.48. The highest BCUT2D eigenvalue weighted by Crippen LogP contribution is 2.35. The van der Waals surface area contributed by atoms with Crippen LogP contribution in [0.5, 0.6) is 0 Å². The Morgan fingerprint density at radius 2 is 1.39 bits per heavy atom. The van der Waals surface area contributed by atoms with Gasteiger partial charge in [-0.3, -0.25) is 0 Å². The lowest BCUT2D eigenvalue weighted by molar-refractivity contribution is 0.293. The molecule has 0 atom stereocenters. The summed E-state index contributed by atoms with van der Waals surface area (Å²) in [4.78, 5) is 0. The first-order chi connectivity index (χ1) is 10.9. The Bertz CT molecular complexity index is 919. The molecule has 0 spiro atoms. The molecular formula is C20H20ClNO. The van der Waals surface area contributed by atoms with E-state index in [9.17, 15) is 0 Å². The second-order valence-electron chi connectivity index (χ2n) is 5.80. The Morgan fingerprint density at radius 1 is 0.739 bits per heavy atom. The molecule has 0 saturated carbocycles. The van der Waals surface area contributed by atoms with Crippen molar-refractivity contribution in [2.24, 2.45) is 0 Å². The fourth-order valence-corrected chi connectivity index (χ4v) is 3.44. The van der Waals surface area contributed by atoms with Gasteiger partial charge >= 0.3 is 0 Å². The van der Waals surface area contributed by atoms with Gasteiger partial charge in [-0.1, -0.05) is 54.6 Å². The van der Waals surface area contributed by atoms with Crippen LogP contribution in [0, 0.1) is 0 Å². The molecule has 0 unspecified atom stereocenters. The van der Waals surface area contributed by atoms with Gasteiger partial charge in [-0.25, -0.2) is 0 Å². The molecular weight excluding hydrogens is 306 g/mol. The SMILES string of the molecule is Cl.OCCNCCc1ccc2ccc3cccc4ccc1c2c34. The molecule has 2 nitrogen and oxygen atoms in total. The lowest BCUT2D eigenvalue weighted by Crippen LogP contribution is -2.20. The van der Waals surface area contributed by atoms with Crippen LogP contribution in [0.3, 0.4) is 0 Å². The number of rotatable bonds is 5. The summed E-state index contributed by atoms with van der Waals surface area (Å²) in [6.45, 7) is 1.74. The largest absolute Gasteiger partial charge is 0.395 e. The van der Waals surface area contributed by atoms with E-state index in [1.165, 1.54) is 37.9 Å². The fourth-order valence-electron chi connectivity index (χ4n) is 3.44. The molecule has 0 heterocycles. The van der Waals surface area contributed by atoms with Gasteiger partial charge in [-0.15, -0.1) is 12.4 Å². The van der Waals surface area contributed by atoms with E-state index in [-0.39, 0.29) is 19.0 Å². The fraction of sp³-hybridized carbons (Fsp3) is 0.200. The number of aliphatic hydroxyl groups is 1. The standard InChI is InChI=1S/C20H19NO.ClH/c22-13-12-21-11-10-14-4-5-17-7-6-15-2-1-3-16-8-9-18(14)20(17)19(15)16;/h1-9,21-22H,10-13H2;1H. The average molecular weight is 326 g/mol. The van der Waals surface area contributed by atoms with Crippen molar-refractivity contribution in [2.75, 3.05) is 19.7 Å². The summed E-state index contributed by atoms with van der Waals surface area (Å²) in [6, 6.07) is 19.9. The summed E-state index contributed by atoms with van der Waals surface area (Å²) in [6.07, 6.45) is 0.980. The molecule has 4 rings (SSSR count). The second kappa shape index (κ2) is 6.71. The Labute approximate surface area is 141 Å². The van der Waals surface area contributed by atoms with Gasteiger partial charge in [0.05, 0.1) is 6.61 Å². The monoisotopic (exact) mass is 325 g/mol. The highest BCUT2D eigenvalue weighted by Gasteiger charge is 2.10. The summed E-state index contributed by atoms with van der Waals surface area (Å²) < 4.78 is 0. The minimum absolute atomic E-state index is 0. The lowest BCUT2D eigenvalue weighted by Gasteiger charge is -2.14. The van der Waals surface area contributed by atoms with Crippen LogP contribution in [-0.4, -0.2) is 24.8 Å². The molecule has 0 bridgehead atoms. The van der Waals surface area contributed by atoms with Gasteiger partial charge in [0.1, 0.15) is 0 Å². The van der Waals surface area contributed by atoms with Gasteiger partial charge < -0.3 is 10.4 Å². The van der Waals surface area contributed by atoms with Crippen LogP contribution >= 0.6 is 12.4 Å². The van der Waals surface area contributed by atoms with Crippen LogP contribution < -0.4 is 5.32 Å². The van der Waals surface area contributed by atoms with Crippen molar-refractivity contribution in [3.63, 3.8) is 0 Å². The molecule has 0 aromatic heterocycles. The Morgan fingerprint density at radius 3 is 2.13 bits per heavy atom. The van der Waals surface area contributed by atoms with Crippen LogP contribution in [0.25, 0.3) is 32.3 Å². The third-order valence-electron chi connectivity index (χ3n) is 4.48. The predicted molar refractivity (Wildman–Crippen MR) is 101 cm³/mol. The van der Waals surface area contributed by atoms with Gasteiger partial charge in [0.2, 0.25) is 0 Å². The Kier molecular flexibility index (Phi) is 4.67. The number of benzene rings is 4. The maximum Gasteiger partial charge on any atom is 0.0555 e. The van der Waals surface area contributed by atoms with E-state index in [2.05, 4.69) is 59.9 Å². The van der Waals surface area contributed by atoms with Crippen molar-refractivity contribution in [1.29, 1.82) is 0 Å². The van der Waals surface area contributed by atoms with E-state index in [4.69, 9.17) is 5.11 Å². The zero-order valence-corrected chi connectivity index (χ0v) is 13.7. The van der Waals surface area contributed by atoms with Gasteiger partial charge in [0.25, 0.3) is 0 Å². The maximum absolute atomic E-state index is 8.86. The van der Waals surface area contributed by atoms with Crippen molar-refractivity contribution in [2.45, 2.75) is 6.42 Å². The van der Waals surface area contributed by atoms with E-state index in [0.717, 1.165) is 13.0 Å². The van der Waals surface area contributed by atoms with E-state index >= 15 is 0 Å². The first-order valence-corrected chi connectivity index (χ1v) is 7.85. The highest BCUT2D eigenvalue weighted by atomic mass is 35.5. The number of aliphatic hydroxyl groups excluding tert-OH is 1. The molecule has 0 amide bonds.